The van der Waals surface area contributed by atoms with E-state index in [9.17, 15) is 0 Å². The molecule has 0 fully saturated rings. The maximum Gasteiger partial charge on any atom is -0.00746 e. The fourth-order valence-corrected chi connectivity index (χ4v) is 1.83. The molecule has 0 saturated heterocycles. The van der Waals surface area contributed by atoms with Crippen LogP contribution in [0.5, 0.6) is 0 Å². The Hall–Kier alpha value is -0.300. The first-order valence-electron chi connectivity index (χ1n) is 4.69. The third-order valence-electron chi connectivity index (χ3n) is 2.74. The van der Waals surface area contributed by atoms with E-state index in [-0.39, 0.29) is 0 Å². The van der Waals surface area contributed by atoms with E-state index in [2.05, 4.69) is 19.1 Å². The molecule has 0 heterocycles. The zero-order valence-corrected chi connectivity index (χ0v) is 7.42. The molecule has 2 atom stereocenters. The predicted octanol–water partition coefficient (Wildman–Crippen LogP) is 2.33. The second kappa shape index (κ2) is 4.55. The van der Waals surface area contributed by atoms with Crippen molar-refractivity contribution in [1.82, 2.24) is 0 Å². The summed E-state index contributed by atoms with van der Waals surface area (Å²) in [5, 5.41) is 0. The molecule has 0 aliphatic heterocycles. The van der Waals surface area contributed by atoms with Gasteiger partial charge >= 0.3 is 0 Å². The van der Waals surface area contributed by atoms with Crippen molar-refractivity contribution in [3.05, 3.63) is 12.2 Å². The largest absolute Gasteiger partial charge is 0.330 e. The van der Waals surface area contributed by atoms with E-state index in [1.807, 2.05) is 0 Å². The van der Waals surface area contributed by atoms with Crippen molar-refractivity contribution < 1.29 is 0 Å². The van der Waals surface area contributed by atoms with Crippen LogP contribution in [0.2, 0.25) is 0 Å². The first-order chi connectivity index (χ1) is 5.34. The molecule has 1 heteroatoms. The van der Waals surface area contributed by atoms with Gasteiger partial charge in [-0.15, -0.1) is 0 Å². The molecule has 0 saturated carbocycles. The van der Waals surface area contributed by atoms with Crippen LogP contribution in [-0.4, -0.2) is 6.54 Å². The molecule has 2 N–H and O–H groups in total. The number of rotatable bonds is 3. The van der Waals surface area contributed by atoms with Crippen LogP contribution in [0, 0.1) is 11.8 Å². The van der Waals surface area contributed by atoms with Crippen molar-refractivity contribution in [3.8, 4) is 0 Å². The maximum absolute atomic E-state index is 5.52. The molecule has 0 aromatic carbocycles. The second-order valence-electron chi connectivity index (χ2n) is 3.60. The molecule has 0 aromatic heterocycles. The number of hydrogen-bond donors (Lipinski definition) is 1. The van der Waals surface area contributed by atoms with Crippen LogP contribution in [-0.2, 0) is 0 Å². The third-order valence-corrected chi connectivity index (χ3v) is 2.74. The highest BCUT2D eigenvalue weighted by Gasteiger charge is 2.16. The topological polar surface area (TPSA) is 26.0 Å². The van der Waals surface area contributed by atoms with Crippen molar-refractivity contribution in [2.45, 2.75) is 32.6 Å². The van der Waals surface area contributed by atoms with Gasteiger partial charge in [-0.2, -0.15) is 0 Å². The zero-order valence-electron chi connectivity index (χ0n) is 7.42. The molecule has 2 unspecified atom stereocenters. The van der Waals surface area contributed by atoms with E-state index in [0.29, 0.717) is 0 Å². The molecule has 1 rings (SSSR count). The monoisotopic (exact) mass is 153 g/mol. The van der Waals surface area contributed by atoms with E-state index >= 15 is 0 Å². The van der Waals surface area contributed by atoms with Crippen LogP contribution >= 0.6 is 0 Å². The molecule has 11 heavy (non-hydrogen) atoms. The van der Waals surface area contributed by atoms with Gasteiger partial charge in [-0.1, -0.05) is 19.1 Å². The molecule has 0 spiro atoms. The standard InChI is InChI=1S/C10H19N/c1-9(7-8-11)10-5-3-2-4-6-10/h2-3,9-10H,4-8,11H2,1H3. The molecule has 1 aliphatic carbocycles. The lowest BCUT2D eigenvalue weighted by Gasteiger charge is -2.24. The van der Waals surface area contributed by atoms with E-state index in [1.54, 1.807) is 0 Å². The first-order valence-corrected chi connectivity index (χ1v) is 4.69. The Balaban J connectivity index is 2.28. The highest BCUT2D eigenvalue weighted by molar-refractivity contribution is 4.91. The Morgan fingerprint density at radius 1 is 1.55 bits per heavy atom. The van der Waals surface area contributed by atoms with Crippen molar-refractivity contribution in [2.75, 3.05) is 6.54 Å². The summed E-state index contributed by atoms with van der Waals surface area (Å²) in [6.07, 6.45) is 9.74. The first kappa shape index (κ1) is 8.79. The van der Waals surface area contributed by atoms with Crippen LogP contribution in [0.15, 0.2) is 12.2 Å². The molecule has 1 nitrogen and oxygen atoms in total. The maximum atomic E-state index is 5.52. The van der Waals surface area contributed by atoms with Gasteiger partial charge in [0.2, 0.25) is 0 Å². The summed E-state index contributed by atoms with van der Waals surface area (Å²) in [5.41, 5.74) is 5.52. The molecule has 1 aliphatic rings. The number of nitrogens with two attached hydrogens (primary N) is 1. The number of allylic oxidation sites excluding steroid dienone is 2. The Labute approximate surface area is 69.7 Å². The highest BCUT2D eigenvalue weighted by atomic mass is 14.5. The number of hydrogen-bond acceptors (Lipinski definition) is 1. The van der Waals surface area contributed by atoms with Gasteiger partial charge in [0.05, 0.1) is 0 Å². The summed E-state index contributed by atoms with van der Waals surface area (Å²) in [6, 6.07) is 0. The Morgan fingerprint density at radius 2 is 2.36 bits per heavy atom. The van der Waals surface area contributed by atoms with E-state index in [1.165, 1.54) is 25.7 Å². The van der Waals surface area contributed by atoms with Gasteiger partial charge in [-0.25, -0.2) is 0 Å². The minimum Gasteiger partial charge on any atom is -0.330 e. The van der Waals surface area contributed by atoms with E-state index < -0.39 is 0 Å². The average molecular weight is 153 g/mol. The highest BCUT2D eigenvalue weighted by Crippen LogP contribution is 2.27. The fraction of sp³-hybridized carbons (Fsp3) is 0.800. The predicted molar refractivity (Wildman–Crippen MR) is 49.3 cm³/mol. The summed E-state index contributed by atoms with van der Waals surface area (Å²) < 4.78 is 0. The van der Waals surface area contributed by atoms with E-state index in [4.69, 9.17) is 5.73 Å². The van der Waals surface area contributed by atoms with Gasteiger partial charge < -0.3 is 5.73 Å². The minimum absolute atomic E-state index is 0.824. The van der Waals surface area contributed by atoms with Gasteiger partial charge in [0, 0.05) is 0 Å². The van der Waals surface area contributed by atoms with Crippen LogP contribution in [0.3, 0.4) is 0 Å². The quantitative estimate of drug-likeness (QED) is 0.619. The molecule has 0 radical (unpaired) electrons. The molecular weight excluding hydrogens is 134 g/mol. The van der Waals surface area contributed by atoms with Gasteiger partial charge in [-0.3, -0.25) is 0 Å². The van der Waals surface area contributed by atoms with Crippen molar-refractivity contribution in [3.63, 3.8) is 0 Å². The lowest BCUT2D eigenvalue weighted by molar-refractivity contribution is 0.318. The van der Waals surface area contributed by atoms with Crippen LogP contribution in [0.25, 0.3) is 0 Å². The Morgan fingerprint density at radius 3 is 2.91 bits per heavy atom. The summed E-state index contributed by atoms with van der Waals surface area (Å²) in [5.74, 6) is 1.73. The lowest BCUT2D eigenvalue weighted by Crippen LogP contribution is -2.16. The molecule has 0 amide bonds. The lowest BCUT2D eigenvalue weighted by atomic mass is 9.82. The van der Waals surface area contributed by atoms with Crippen LogP contribution < -0.4 is 5.73 Å². The average Bonchev–Trinajstić information content (AvgIpc) is 2.07. The van der Waals surface area contributed by atoms with Gasteiger partial charge in [0.1, 0.15) is 0 Å². The normalized spacial score (nSPS) is 26.9. The second-order valence-corrected chi connectivity index (χ2v) is 3.60. The SMILES string of the molecule is CC(CCN)C1CC=CCC1. The minimum atomic E-state index is 0.824. The van der Waals surface area contributed by atoms with Crippen LogP contribution in [0.1, 0.15) is 32.6 Å². The van der Waals surface area contributed by atoms with Gasteiger partial charge in [0.15, 0.2) is 0 Å². The summed E-state index contributed by atoms with van der Waals surface area (Å²) >= 11 is 0. The van der Waals surface area contributed by atoms with Gasteiger partial charge in [-0.05, 0) is 44.1 Å². The third kappa shape index (κ3) is 2.66. The summed E-state index contributed by atoms with van der Waals surface area (Å²) in [4.78, 5) is 0. The molecule has 64 valence electrons. The van der Waals surface area contributed by atoms with Crippen LogP contribution in [0.4, 0.5) is 0 Å². The Bertz CT molecular complexity index is 129. The van der Waals surface area contributed by atoms with Crippen molar-refractivity contribution in [1.29, 1.82) is 0 Å². The van der Waals surface area contributed by atoms with Gasteiger partial charge in [0.25, 0.3) is 0 Å². The van der Waals surface area contributed by atoms with Crippen molar-refractivity contribution >= 4 is 0 Å². The summed E-state index contributed by atoms with van der Waals surface area (Å²) in [7, 11) is 0. The van der Waals surface area contributed by atoms with E-state index in [0.717, 1.165) is 18.4 Å². The molecule has 0 aromatic rings. The Kier molecular flexibility index (Phi) is 3.64. The zero-order chi connectivity index (χ0) is 8.10. The molecular formula is C10H19N. The fourth-order valence-electron chi connectivity index (χ4n) is 1.83. The molecule has 0 bridgehead atoms. The summed E-state index contributed by atoms with van der Waals surface area (Å²) in [6.45, 7) is 3.18. The smallest absolute Gasteiger partial charge is 0.00746 e. The van der Waals surface area contributed by atoms with Crippen molar-refractivity contribution in [2.24, 2.45) is 17.6 Å².